The molecule has 2 bridgehead atoms. The van der Waals surface area contributed by atoms with E-state index >= 15 is 0 Å². The lowest BCUT2D eigenvalue weighted by Crippen LogP contribution is -2.46. The average molecular weight is 563 g/mol. The standard InChI is InChI=1S/C31H54O5Si2/c1-23-17-15-16-19-26-27(32)22-25(34-29(26)33)21-24(35-37(8,9)30(2,3)4)18-13-12-14-20-28(23)36-38(10,11)31(5,6)7/h12-16,20,23-26,28H,17-19,21-22H2,1-11H3/b13-12-,16-15-,20-14-/t23-,24+,25+,26?,28+/m0/s1. The third kappa shape index (κ3) is 9.14. The summed E-state index contributed by atoms with van der Waals surface area (Å²) in [5, 5.41) is 0.179. The SMILES string of the molecule is C[C@H]1C/C=C\CC2C(=O)C[C@@H](C[C@H](O[Si](C)(C)C(C)(C)C)C/C=C\C=C/[C@H]1O[Si](C)(C)C(C)(C)C)OC2=O. The molecule has 1 unspecified atom stereocenters. The molecule has 0 aromatic heterocycles. The maximum Gasteiger partial charge on any atom is 0.317 e. The number of fused-ring (bicyclic) bond motifs is 11. The molecule has 0 saturated carbocycles. The lowest BCUT2D eigenvalue weighted by atomic mass is 9.90. The van der Waals surface area contributed by atoms with E-state index in [1.54, 1.807) is 0 Å². The van der Waals surface area contributed by atoms with Gasteiger partial charge in [0.15, 0.2) is 22.4 Å². The van der Waals surface area contributed by atoms with Gasteiger partial charge in [0.05, 0.1) is 12.2 Å². The monoisotopic (exact) mass is 562 g/mol. The zero-order valence-corrected chi connectivity index (χ0v) is 27.9. The number of rotatable bonds is 4. The highest BCUT2D eigenvalue weighted by atomic mass is 28.4. The molecule has 3 aliphatic rings. The van der Waals surface area contributed by atoms with Gasteiger partial charge in [-0.25, -0.2) is 0 Å². The summed E-state index contributed by atoms with van der Waals surface area (Å²) in [5.74, 6) is -0.854. The number of Topliss-reactive ketones (excluding diaryl/α,β-unsaturated/α-hetero) is 1. The van der Waals surface area contributed by atoms with E-state index in [0.29, 0.717) is 19.3 Å². The van der Waals surface area contributed by atoms with E-state index in [1.165, 1.54) is 0 Å². The Labute approximate surface area is 234 Å². The summed E-state index contributed by atoms with van der Waals surface area (Å²) < 4.78 is 19.4. The first-order chi connectivity index (χ1) is 17.3. The lowest BCUT2D eigenvalue weighted by Gasteiger charge is -2.40. The largest absolute Gasteiger partial charge is 0.461 e. The van der Waals surface area contributed by atoms with Crippen LogP contribution in [0.3, 0.4) is 0 Å². The highest BCUT2D eigenvalue weighted by Gasteiger charge is 2.42. The van der Waals surface area contributed by atoms with Crippen molar-refractivity contribution in [1.29, 1.82) is 0 Å². The van der Waals surface area contributed by atoms with Crippen molar-refractivity contribution in [2.45, 2.75) is 135 Å². The number of hydrogen-bond donors (Lipinski definition) is 0. The fourth-order valence-electron chi connectivity index (χ4n) is 4.25. The first-order valence-electron chi connectivity index (χ1n) is 14.4. The van der Waals surface area contributed by atoms with Gasteiger partial charge in [0.25, 0.3) is 0 Å². The lowest BCUT2D eigenvalue weighted by molar-refractivity contribution is -0.165. The minimum Gasteiger partial charge on any atom is -0.461 e. The molecule has 0 aromatic carbocycles. The minimum atomic E-state index is -2.05. The predicted molar refractivity (Wildman–Crippen MR) is 162 cm³/mol. The Morgan fingerprint density at radius 3 is 1.97 bits per heavy atom. The van der Waals surface area contributed by atoms with E-state index in [1.807, 2.05) is 6.08 Å². The van der Waals surface area contributed by atoms with Crippen molar-refractivity contribution < 1.29 is 23.2 Å². The number of allylic oxidation sites excluding steroid dienone is 4. The molecule has 216 valence electrons. The van der Waals surface area contributed by atoms with Crippen LogP contribution in [-0.2, 0) is 23.2 Å². The number of hydrogen-bond acceptors (Lipinski definition) is 5. The first kappa shape index (κ1) is 32.9. The molecule has 0 spiro atoms. The zero-order valence-electron chi connectivity index (χ0n) is 25.9. The van der Waals surface area contributed by atoms with Crippen molar-refractivity contribution in [3.05, 3.63) is 36.5 Å². The highest BCUT2D eigenvalue weighted by Crippen LogP contribution is 2.40. The Morgan fingerprint density at radius 1 is 0.816 bits per heavy atom. The van der Waals surface area contributed by atoms with Gasteiger partial charge < -0.3 is 13.6 Å². The number of ether oxygens (including phenoxy) is 1. The molecule has 1 saturated heterocycles. The van der Waals surface area contributed by atoms with Gasteiger partial charge in [-0.1, -0.05) is 84.9 Å². The van der Waals surface area contributed by atoms with Gasteiger partial charge in [-0.2, -0.15) is 0 Å². The van der Waals surface area contributed by atoms with Crippen molar-refractivity contribution in [1.82, 2.24) is 0 Å². The third-order valence-electron chi connectivity index (χ3n) is 8.97. The van der Waals surface area contributed by atoms with Crippen molar-refractivity contribution in [3.63, 3.8) is 0 Å². The topological polar surface area (TPSA) is 61.8 Å². The van der Waals surface area contributed by atoms with Crippen LogP contribution in [0.25, 0.3) is 0 Å². The molecule has 1 aliphatic carbocycles. The Kier molecular flexibility index (Phi) is 11.2. The fourth-order valence-corrected chi connectivity index (χ4v) is 6.97. The summed E-state index contributed by atoms with van der Waals surface area (Å²) in [4.78, 5) is 25.7. The Balaban J connectivity index is 2.35. The molecule has 5 nitrogen and oxygen atoms in total. The van der Waals surface area contributed by atoms with Gasteiger partial charge in [0, 0.05) is 12.8 Å². The van der Waals surface area contributed by atoms with Gasteiger partial charge in [-0.15, -0.1) is 0 Å². The summed E-state index contributed by atoms with van der Waals surface area (Å²) in [5.41, 5.74) is 0. The summed E-state index contributed by atoms with van der Waals surface area (Å²) in [6, 6.07) is 0. The van der Waals surface area contributed by atoms with Crippen LogP contribution >= 0.6 is 0 Å². The van der Waals surface area contributed by atoms with E-state index in [0.717, 1.165) is 6.42 Å². The maximum atomic E-state index is 12.9. The zero-order chi connectivity index (χ0) is 28.9. The maximum absolute atomic E-state index is 12.9. The van der Waals surface area contributed by atoms with Gasteiger partial charge in [-0.3, -0.25) is 9.59 Å². The Bertz CT molecular complexity index is 886. The molecule has 1 fully saturated rings. The fraction of sp³-hybridized carbons (Fsp3) is 0.742. The second-order valence-electron chi connectivity index (χ2n) is 14.3. The minimum absolute atomic E-state index is 0.0115. The molecule has 0 radical (unpaired) electrons. The van der Waals surface area contributed by atoms with Crippen LogP contribution < -0.4 is 0 Å². The molecule has 5 atom stereocenters. The van der Waals surface area contributed by atoms with Crippen LogP contribution in [0, 0.1) is 11.8 Å². The van der Waals surface area contributed by atoms with Crippen LogP contribution in [0.5, 0.6) is 0 Å². The van der Waals surface area contributed by atoms with Crippen LogP contribution in [0.15, 0.2) is 36.5 Å². The molecular formula is C31H54O5Si2. The Morgan fingerprint density at radius 2 is 1.39 bits per heavy atom. The first-order valence-corrected chi connectivity index (χ1v) is 20.2. The van der Waals surface area contributed by atoms with E-state index < -0.39 is 34.6 Å². The van der Waals surface area contributed by atoms with Gasteiger partial charge in [0.2, 0.25) is 0 Å². The molecule has 7 heteroatoms. The van der Waals surface area contributed by atoms with Crippen LogP contribution in [0.4, 0.5) is 0 Å². The number of carbonyl (C=O) groups is 2. The van der Waals surface area contributed by atoms with E-state index in [-0.39, 0.29) is 40.4 Å². The predicted octanol–water partition coefficient (Wildman–Crippen LogP) is 8.15. The molecule has 38 heavy (non-hydrogen) atoms. The molecule has 0 aromatic rings. The van der Waals surface area contributed by atoms with E-state index in [4.69, 9.17) is 13.6 Å². The summed E-state index contributed by atoms with van der Waals surface area (Å²) in [7, 11) is -4.02. The van der Waals surface area contributed by atoms with Crippen LogP contribution in [0.1, 0.15) is 80.6 Å². The van der Waals surface area contributed by atoms with Crippen molar-refractivity contribution >= 4 is 28.4 Å². The number of carbonyl (C=O) groups excluding carboxylic acids is 2. The molecule has 0 N–H and O–H groups in total. The van der Waals surface area contributed by atoms with Crippen LogP contribution in [-0.4, -0.2) is 46.7 Å². The molecule has 2 aliphatic heterocycles. The molecular weight excluding hydrogens is 509 g/mol. The van der Waals surface area contributed by atoms with Gasteiger partial charge in [0.1, 0.15) is 12.0 Å². The van der Waals surface area contributed by atoms with E-state index in [9.17, 15) is 9.59 Å². The number of esters is 1. The average Bonchev–Trinajstić information content (AvgIpc) is 2.74. The second kappa shape index (κ2) is 12.9. The van der Waals surface area contributed by atoms with Crippen LogP contribution in [0.2, 0.25) is 36.3 Å². The van der Waals surface area contributed by atoms with Gasteiger partial charge >= 0.3 is 5.97 Å². The quantitative estimate of drug-likeness (QED) is 0.150. The van der Waals surface area contributed by atoms with Gasteiger partial charge in [-0.05, 0) is 61.4 Å². The summed E-state index contributed by atoms with van der Waals surface area (Å²) in [6.07, 6.45) is 14.7. The van der Waals surface area contributed by atoms with Crippen molar-refractivity contribution in [2.75, 3.05) is 0 Å². The molecule has 0 amide bonds. The van der Waals surface area contributed by atoms with E-state index in [2.05, 4.69) is 105 Å². The molecule has 3 rings (SSSR count). The van der Waals surface area contributed by atoms with Crippen molar-refractivity contribution in [3.8, 4) is 0 Å². The number of ketones is 1. The second-order valence-corrected chi connectivity index (χ2v) is 23.8. The summed E-state index contributed by atoms with van der Waals surface area (Å²) in [6.45, 7) is 24.7. The smallest absolute Gasteiger partial charge is 0.317 e. The third-order valence-corrected chi connectivity index (χ3v) is 18.0. The summed E-state index contributed by atoms with van der Waals surface area (Å²) >= 11 is 0. The Hall–Kier alpha value is -1.29. The normalized spacial score (nSPS) is 31.4. The van der Waals surface area contributed by atoms with Crippen molar-refractivity contribution in [2.24, 2.45) is 11.8 Å². The molecule has 2 heterocycles. The highest BCUT2D eigenvalue weighted by molar-refractivity contribution is 6.74.